The van der Waals surface area contributed by atoms with Crippen LogP contribution in [0.5, 0.6) is 0 Å². The van der Waals surface area contributed by atoms with E-state index in [1.165, 1.54) is 0 Å². The summed E-state index contributed by atoms with van der Waals surface area (Å²) < 4.78 is 3.80. The number of hydrogen-bond donors (Lipinski definition) is 2. The van der Waals surface area contributed by atoms with E-state index in [9.17, 15) is 4.79 Å². The van der Waals surface area contributed by atoms with Crippen LogP contribution in [0.1, 0.15) is 25.7 Å². The van der Waals surface area contributed by atoms with Crippen molar-refractivity contribution in [3.05, 3.63) is 34.7 Å². The van der Waals surface area contributed by atoms with E-state index in [1.807, 2.05) is 33.4 Å². The van der Waals surface area contributed by atoms with Gasteiger partial charge in [0.1, 0.15) is 0 Å². The number of unbranched alkanes of at least 4 members (excludes halogenated alkanes) is 2. The lowest BCUT2D eigenvalue weighted by Gasteiger charge is -2.02. The Labute approximate surface area is 130 Å². The van der Waals surface area contributed by atoms with Gasteiger partial charge in [0.15, 0.2) is 0 Å². The molecule has 110 valence electrons. The summed E-state index contributed by atoms with van der Waals surface area (Å²) in [4.78, 5) is 12.6. The number of imidazole rings is 1. The Bertz CT molecular complexity index is 553. The van der Waals surface area contributed by atoms with E-state index in [4.69, 9.17) is 0 Å². The third kappa shape index (κ3) is 3.44. The maximum absolute atomic E-state index is 12.6. The molecule has 0 saturated carbocycles. The van der Waals surface area contributed by atoms with Crippen LogP contribution in [0.2, 0.25) is 0 Å². The molecular weight excluding hydrogens is 288 g/mol. The van der Waals surface area contributed by atoms with E-state index < -0.39 is 0 Å². The molecule has 2 aromatic rings. The first-order valence-electron chi connectivity index (χ1n) is 7.19. The van der Waals surface area contributed by atoms with E-state index in [0.717, 1.165) is 61.3 Å². The molecule has 0 N–H and O–H groups in total. The minimum atomic E-state index is 0.115. The van der Waals surface area contributed by atoms with Crippen molar-refractivity contribution >= 4 is 36.3 Å². The van der Waals surface area contributed by atoms with Gasteiger partial charge in [0.2, 0.25) is 0 Å². The van der Waals surface area contributed by atoms with Crippen LogP contribution in [0, 0.1) is 0 Å². The predicted octanol–water partition coefficient (Wildman–Crippen LogP) is 3.22. The zero-order valence-corrected chi connectivity index (χ0v) is 13.5. The lowest BCUT2D eigenvalue weighted by molar-refractivity contribution is 0.576. The van der Waals surface area contributed by atoms with Crippen molar-refractivity contribution in [2.45, 2.75) is 38.8 Å². The van der Waals surface area contributed by atoms with Gasteiger partial charge < -0.3 is 0 Å². The average Bonchev–Trinajstić information content (AvgIpc) is 2.73. The fourth-order valence-corrected chi connectivity index (χ4v) is 2.92. The van der Waals surface area contributed by atoms with Crippen molar-refractivity contribution in [2.75, 3.05) is 11.5 Å². The summed E-state index contributed by atoms with van der Waals surface area (Å²) in [6, 6.07) is 8.06. The van der Waals surface area contributed by atoms with E-state index in [2.05, 4.69) is 25.3 Å². The molecule has 0 fully saturated rings. The number of para-hydroxylation sites is 2. The van der Waals surface area contributed by atoms with Gasteiger partial charge in [-0.05, 0) is 49.3 Å². The fourth-order valence-electron chi connectivity index (χ4n) is 2.47. The van der Waals surface area contributed by atoms with Gasteiger partial charge in [-0.3, -0.25) is 9.13 Å². The van der Waals surface area contributed by atoms with Gasteiger partial charge >= 0.3 is 5.69 Å². The van der Waals surface area contributed by atoms with Gasteiger partial charge in [-0.2, -0.15) is 25.3 Å². The number of hydrogen-bond acceptors (Lipinski definition) is 3. The maximum Gasteiger partial charge on any atom is 0.329 e. The van der Waals surface area contributed by atoms with Gasteiger partial charge in [-0.25, -0.2) is 4.79 Å². The summed E-state index contributed by atoms with van der Waals surface area (Å²) in [5.41, 5.74) is 2.20. The van der Waals surface area contributed by atoms with Crippen LogP contribution in [0.15, 0.2) is 29.1 Å². The van der Waals surface area contributed by atoms with E-state index in [1.54, 1.807) is 0 Å². The number of fused-ring (bicyclic) bond motifs is 1. The highest BCUT2D eigenvalue weighted by Gasteiger charge is 2.11. The SMILES string of the molecule is O=c1n(CCCCS)c2ccccc2n1CCCCS. The molecule has 0 saturated heterocycles. The first kappa shape index (κ1) is 15.6. The zero-order valence-electron chi connectivity index (χ0n) is 11.7. The molecule has 1 aromatic heterocycles. The molecule has 0 radical (unpaired) electrons. The average molecular weight is 310 g/mol. The molecule has 0 bridgehead atoms. The molecule has 2 rings (SSSR count). The molecule has 0 aliphatic heterocycles. The minimum absolute atomic E-state index is 0.115. The highest BCUT2D eigenvalue weighted by Crippen LogP contribution is 2.14. The quantitative estimate of drug-likeness (QED) is 0.568. The first-order valence-corrected chi connectivity index (χ1v) is 8.46. The van der Waals surface area contributed by atoms with Crippen LogP contribution in [0.25, 0.3) is 11.0 Å². The van der Waals surface area contributed by atoms with Gasteiger partial charge in [0.05, 0.1) is 11.0 Å². The standard InChI is InChI=1S/C15H22N2OS2/c18-15-16(9-3-5-11-19)13-7-1-2-8-14(13)17(15)10-4-6-12-20/h1-2,7-8,19-20H,3-6,9-12H2. The van der Waals surface area contributed by atoms with Gasteiger partial charge in [0, 0.05) is 13.1 Å². The van der Waals surface area contributed by atoms with Crippen molar-refractivity contribution in [2.24, 2.45) is 0 Å². The van der Waals surface area contributed by atoms with Crippen molar-refractivity contribution < 1.29 is 0 Å². The highest BCUT2D eigenvalue weighted by atomic mass is 32.1. The van der Waals surface area contributed by atoms with E-state index in [-0.39, 0.29) is 5.69 Å². The smallest absolute Gasteiger partial charge is 0.292 e. The number of nitrogens with zero attached hydrogens (tertiary/aromatic N) is 2. The molecule has 0 amide bonds. The molecule has 0 aliphatic rings. The summed E-state index contributed by atoms with van der Waals surface area (Å²) in [5.74, 6) is 1.74. The minimum Gasteiger partial charge on any atom is -0.292 e. The second kappa shape index (κ2) is 7.84. The van der Waals surface area contributed by atoms with Crippen LogP contribution in [0.4, 0.5) is 0 Å². The maximum atomic E-state index is 12.6. The Balaban J connectivity index is 2.31. The number of thiol groups is 2. The van der Waals surface area contributed by atoms with Gasteiger partial charge in [0.25, 0.3) is 0 Å². The Morgan fingerprint density at radius 1 is 0.800 bits per heavy atom. The van der Waals surface area contributed by atoms with Crippen LogP contribution in [0.3, 0.4) is 0 Å². The molecule has 1 aromatic carbocycles. The van der Waals surface area contributed by atoms with Crippen LogP contribution in [-0.4, -0.2) is 20.6 Å². The molecular formula is C15H22N2OS2. The van der Waals surface area contributed by atoms with E-state index in [0.29, 0.717) is 0 Å². The largest absolute Gasteiger partial charge is 0.329 e. The Morgan fingerprint density at radius 3 is 1.65 bits per heavy atom. The third-order valence-electron chi connectivity index (χ3n) is 3.50. The fraction of sp³-hybridized carbons (Fsp3) is 0.533. The second-order valence-electron chi connectivity index (χ2n) is 4.94. The molecule has 0 unspecified atom stereocenters. The third-order valence-corrected chi connectivity index (χ3v) is 4.14. The predicted molar refractivity (Wildman–Crippen MR) is 92.4 cm³/mol. The second-order valence-corrected chi connectivity index (χ2v) is 5.83. The molecule has 0 spiro atoms. The normalized spacial score (nSPS) is 11.3. The number of benzene rings is 1. The van der Waals surface area contributed by atoms with Crippen molar-refractivity contribution in [1.29, 1.82) is 0 Å². The van der Waals surface area contributed by atoms with Crippen molar-refractivity contribution in [3.8, 4) is 0 Å². The Hall–Kier alpha value is -0.810. The summed E-state index contributed by atoms with van der Waals surface area (Å²) >= 11 is 8.46. The molecule has 1 heterocycles. The van der Waals surface area contributed by atoms with Crippen LogP contribution >= 0.6 is 25.3 Å². The lowest BCUT2D eigenvalue weighted by Crippen LogP contribution is -2.24. The van der Waals surface area contributed by atoms with Gasteiger partial charge in [-0.15, -0.1) is 0 Å². The number of rotatable bonds is 8. The Kier molecular flexibility index (Phi) is 6.10. The lowest BCUT2D eigenvalue weighted by atomic mass is 10.3. The van der Waals surface area contributed by atoms with Crippen molar-refractivity contribution in [1.82, 2.24) is 9.13 Å². The summed E-state index contributed by atoms with van der Waals surface area (Å²) in [7, 11) is 0. The van der Waals surface area contributed by atoms with Gasteiger partial charge in [-0.1, -0.05) is 12.1 Å². The molecule has 3 nitrogen and oxygen atoms in total. The van der Waals surface area contributed by atoms with E-state index >= 15 is 0 Å². The summed E-state index contributed by atoms with van der Waals surface area (Å²) in [5, 5.41) is 0. The molecule has 0 atom stereocenters. The van der Waals surface area contributed by atoms with Crippen LogP contribution in [-0.2, 0) is 13.1 Å². The number of aryl methyl sites for hydroxylation is 2. The molecule has 5 heteroatoms. The highest BCUT2D eigenvalue weighted by molar-refractivity contribution is 7.80. The zero-order chi connectivity index (χ0) is 14.4. The molecule has 20 heavy (non-hydrogen) atoms. The number of aromatic nitrogens is 2. The molecule has 0 aliphatic carbocycles. The summed E-state index contributed by atoms with van der Waals surface area (Å²) in [6.45, 7) is 1.55. The first-order chi connectivity index (χ1) is 9.79. The van der Waals surface area contributed by atoms with Crippen molar-refractivity contribution in [3.63, 3.8) is 0 Å². The Morgan fingerprint density at radius 2 is 1.25 bits per heavy atom. The topological polar surface area (TPSA) is 26.9 Å². The summed E-state index contributed by atoms with van der Waals surface area (Å²) in [6.07, 6.45) is 4.06. The van der Waals surface area contributed by atoms with Crippen LogP contribution < -0.4 is 5.69 Å². The monoisotopic (exact) mass is 310 g/mol.